The molecule has 0 spiro atoms. The first-order valence-electron chi connectivity index (χ1n) is 7.63. The van der Waals surface area contributed by atoms with Gasteiger partial charge in [0.2, 0.25) is 5.91 Å². The number of carbonyl (C=O) groups is 1. The van der Waals surface area contributed by atoms with Gasteiger partial charge >= 0.3 is 0 Å². The molecule has 3 N–H and O–H groups in total. The lowest BCUT2D eigenvalue weighted by Crippen LogP contribution is -2.36. The van der Waals surface area contributed by atoms with Crippen LogP contribution in [0.15, 0.2) is 53.5 Å². The molecule has 1 amide bonds. The van der Waals surface area contributed by atoms with E-state index >= 15 is 0 Å². The lowest BCUT2D eigenvalue weighted by molar-refractivity contribution is -0.114. The Balaban J connectivity index is 0.00000312. The third kappa shape index (κ3) is 7.08. The molecule has 2 aromatic carbocycles. The summed E-state index contributed by atoms with van der Waals surface area (Å²) in [6.07, 6.45) is 0. The van der Waals surface area contributed by atoms with Crippen molar-refractivity contribution in [3.05, 3.63) is 65.5 Å². The molecule has 0 aliphatic carbocycles. The number of benzene rings is 2. The molecule has 0 unspecified atom stereocenters. The number of amides is 1. The van der Waals surface area contributed by atoms with Crippen molar-refractivity contribution in [1.82, 2.24) is 10.6 Å². The standard InChI is InChI=1S/C18H21FN4O.HI/c1-13(24)23-16-8-5-6-14(10-16)11-21-18(20-2)22-12-15-7-3-4-9-17(15)19;/h3-10H,11-12H2,1-2H3,(H,23,24)(H2,20,21,22);1H. The van der Waals surface area contributed by atoms with E-state index in [0.29, 0.717) is 24.6 Å². The van der Waals surface area contributed by atoms with Crippen LogP contribution >= 0.6 is 24.0 Å². The molecule has 0 fully saturated rings. The van der Waals surface area contributed by atoms with E-state index in [1.807, 2.05) is 24.3 Å². The summed E-state index contributed by atoms with van der Waals surface area (Å²) in [6.45, 7) is 2.35. The van der Waals surface area contributed by atoms with Crippen LogP contribution in [-0.4, -0.2) is 18.9 Å². The van der Waals surface area contributed by atoms with Crippen molar-refractivity contribution in [3.63, 3.8) is 0 Å². The molecule has 0 aromatic heterocycles. The monoisotopic (exact) mass is 456 g/mol. The topological polar surface area (TPSA) is 65.5 Å². The van der Waals surface area contributed by atoms with Gasteiger partial charge in [-0.15, -0.1) is 24.0 Å². The van der Waals surface area contributed by atoms with Gasteiger partial charge in [-0.05, 0) is 23.8 Å². The zero-order valence-corrected chi connectivity index (χ0v) is 16.5. The molecule has 0 saturated carbocycles. The van der Waals surface area contributed by atoms with Gasteiger partial charge in [-0.25, -0.2) is 4.39 Å². The Kier molecular flexibility index (Phi) is 8.90. The van der Waals surface area contributed by atoms with Crippen molar-refractivity contribution in [3.8, 4) is 0 Å². The number of hydrogen-bond donors (Lipinski definition) is 3. The second kappa shape index (κ2) is 10.7. The molecule has 0 radical (unpaired) electrons. The number of nitrogens with one attached hydrogen (secondary N) is 3. The summed E-state index contributed by atoms with van der Waals surface area (Å²) in [5.41, 5.74) is 2.32. The third-order valence-electron chi connectivity index (χ3n) is 3.34. The van der Waals surface area contributed by atoms with Gasteiger partial charge in [-0.3, -0.25) is 9.79 Å². The number of nitrogens with zero attached hydrogens (tertiary/aromatic N) is 1. The fourth-order valence-electron chi connectivity index (χ4n) is 2.19. The molecule has 0 aliphatic heterocycles. The number of carbonyl (C=O) groups excluding carboxylic acids is 1. The highest BCUT2D eigenvalue weighted by atomic mass is 127. The summed E-state index contributed by atoms with van der Waals surface area (Å²) >= 11 is 0. The Hall–Kier alpha value is -2.16. The van der Waals surface area contributed by atoms with Crippen LogP contribution in [0.1, 0.15) is 18.1 Å². The maximum atomic E-state index is 13.6. The maximum Gasteiger partial charge on any atom is 0.221 e. The number of anilines is 1. The zero-order valence-electron chi connectivity index (χ0n) is 14.2. The smallest absolute Gasteiger partial charge is 0.221 e. The van der Waals surface area contributed by atoms with Crippen LogP contribution in [0.5, 0.6) is 0 Å². The number of halogens is 2. The SMILES string of the molecule is CN=C(NCc1cccc(NC(C)=O)c1)NCc1ccccc1F.I. The highest BCUT2D eigenvalue weighted by Crippen LogP contribution is 2.10. The van der Waals surface area contributed by atoms with Gasteiger partial charge in [0.25, 0.3) is 0 Å². The van der Waals surface area contributed by atoms with Gasteiger partial charge < -0.3 is 16.0 Å². The molecule has 2 aromatic rings. The van der Waals surface area contributed by atoms with Crippen LogP contribution < -0.4 is 16.0 Å². The molecule has 0 aliphatic rings. The minimum Gasteiger partial charge on any atom is -0.352 e. The molecule has 25 heavy (non-hydrogen) atoms. The zero-order chi connectivity index (χ0) is 17.4. The fraction of sp³-hybridized carbons (Fsp3) is 0.222. The van der Waals surface area contributed by atoms with Crippen molar-refractivity contribution in [2.24, 2.45) is 4.99 Å². The van der Waals surface area contributed by atoms with E-state index in [4.69, 9.17) is 0 Å². The van der Waals surface area contributed by atoms with Gasteiger partial charge in [-0.1, -0.05) is 30.3 Å². The first-order valence-corrected chi connectivity index (χ1v) is 7.63. The van der Waals surface area contributed by atoms with Gasteiger partial charge in [0, 0.05) is 38.3 Å². The fourth-order valence-corrected chi connectivity index (χ4v) is 2.19. The highest BCUT2D eigenvalue weighted by molar-refractivity contribution is 14.0. The van der Waals surface area contributed by atoms with Crippen molar-refractivity contribution < 1.29 is 9.18 Å². The molecule has 0 heterocycles. The van der Waals surface area contributed by atoms with Crippen LogP contribution in [0.4, 0.5) is 10.1 Å². The van der Waals surface area contributed by atoms with Gasteiger partial charge in [0.05, 0.1) is 0 Å². The number of aliphatic imine (C=N–C) groups is 1. The first kappa shape index (κ1) is 20.9. The van der Waals surface area contributed by atoms with E-state index in [2.05, 4.69) is 20.9 Å². The molecule has 7 heteroatoms. The Morgan fingerprint density at radius 3 is 2.48 bits per heavy atom. The quantitative estimate of drug-likeness (QED) is 0.368. The molecule has 0 atom stereocenters. The average Bonchev–Trinajstić information content (AvgIpc) is 2.56. The second-order valence-electron chi connectivity index (χ2n) is 5.25. The molecule has 5 nitrogen and oxygen atoms in total. The van der Waals surface area contributed by atoms with E-state index < -0.39 is 0 Å². The van der Waals surface area contributed by atoms with Gasteiger partial charge in [0.1, 0.15) is 5.82 Å². The van der Waals surface area contributed by atoms with Crippen molar-refractivity contribution in [1.29, 1.82) is 0 Å². The number of guanidine groups is 1. The highest BCUT2D eigenvalue weighted by Gasteiger charge is 2.03. The van der Waals surface area contributed by atoms with Gasteiger partial charge in [0.15, 0.2) is 5.96 Å². The van der Waals surface area contributed by atoms with Crippen LogP contribution in [0.25, 0.3) is 0 Å². The molecular weight excluding hydrogens is 434 g/mol. The summed E-state index contributed by atoms with van der Waals surface area (Å²) < 4.78 is 13.6. The number of rotatable bonds is 5. The van der Waals surface area contributed by atoms with E-state index in [0.717, 1.165) is 11.3 Å². The van der Waals surface area contributed by atoms with Crippen LogP contribution in [0.3, 0.4) is 0 Å². The van der Waals surface area contributed by atoms with E-state index in [9.17, 15) is 9.18 Å². The Bertz CT molecular complexity index is 737. The van der Waals surface area contributed by atoms with E-state index in [1.54, 1.807) is 25.2 Å². The molecule has 0 bridgehead atoms. The third-order valence-corrected chi connectivity index (χ3v) is 3.34. The first-order chi connectivity index (χ1) is 11.6. The summed E-state index contributed by atoms with van der Waals surface area (Å²) in [5.74, 6) is 0.217. The van der Waals surface area contributed by atoms with Crippen LogP contribution in [0.2, 0.25) is 0 Å². The van der Waals surface area contributed by atoms with E-state index in [1.165, 1.54) is 13.0 Å². The van der Waals surface area contributed by atoms with Gasteiger partial charge in [-0.2, -0.15) is 0 Å². The summed E-state index contributed by atoms with van der Waals surface area (Å²) in [7, 11) is 1.66. The predicted octanol–water partition coefficient (Wildman–Crippen LogP) is 3.27. The molecular formula is C18H22FIN4O. The lowest BCUT2D eigenvalue weighted by Gasteiger charge is -2.13. The molecule has 0 saturated heterocycles. The predicted molar refractivity (Wildman–Crippen MR) is 110 cm³/mol. The second-order valence-corrected chi connectivity index (χ2v) is 5.25. The normalized spacial score (nSPS) is 10.6. The maximum absolute atomic E-state index is 13.6. The molecule has 134 valence electrons. The Morgan fingerprint density at radius 2 is 1.80 bits per heavy atom. The number of hydrogen-bond acceptors (Lipinski definition) is 2. The minimum absolute atomic E-state index is 0. The summed E-state index contributed by atoms with van der Waals surface area (Å²) in [6, 6.07) is 14.2. The Labute approximate surface area is 164 Å². The molecule has 2 rings (SSSR count). The average molecular weight is 456 g/mol. The van der Waals surface area contributed by atoms with Crippen molar-refractivity contribution in [2.75, 3.05) is 12.4 Å². The van der Waals surface area contributed by atoms with Crippen LogP contribution in [-0.2, 0) is 17.9 Å². The van der Waals surface area contributed by atoms with Crippen molar-refractivity contribution >= 4 is 41.5 Å². The Morgan fingerprint density at radius 1 is 1.08 bits per heavy atom. The summed E-state index contributed by atoms with van der Waals surface area (Å²) in [4.78, 5) is 15.2. The minimum atomic E-state index is -0.247. The van der Waals surface area contributed by atoms with Crippen molar-refractivity contribution in [2.45, 2.75) is 20.0 Å². The lowest BCUT2D eigenvalue weighted by atomic mass is 10.2. The van der Waals surface area contributed by atoms with E-state index in [-0.39, 0.29) is 35.7 Å². The largest absolute Gasteiger partial charge is 0.352 e. The van der Waals surface area contributed by atoms with Crippen LogP contribution in [0, 0.1) is 5.82 Å². The summed E-state index contributed by atoms with van der Waals surface area (Å²) in [5, 5.41) is 8.98.